The molecule has 1 unspecified atom stereocenters. The summed E-state index contributed by atoms with van der Waals surface area (Å²) in [6.07, 6.45) is 2.05. The molecule has 0 aromatic carbocycles. The Hall–Kier alpha value is -0.550. The Kier molecular flexibility index (Phi) is 15.0. The van der Waals surface area contributed by atoms with E-state index in [1.54, 1.807) is 21.8 Å². The molecule has 0 aliphatic rings. The fraction of sp³-hybridized carbons (Fsp3) is 0.800. The highest BCUT2D eigenvalue weighted by Gasteiger charge is 2.04. The predicted molar refractivity (Wildman–Crippen MR) is 95.5 cm³/mol. The molecule has 0 heterocycles. The van der Waals surface area contributed by atoms with Crippen molar-refractivity contribution in [2.75, 3.05) is 19.8 Å². The van der Waals surface area contributed by atoms with E-state index in [1.165, 1.54) is 0 Å². The summed E-state index contributed by atoms with van der Waals surface area (Å²) in [5, 5.41) is 2.58. The van der Waals surface area contributed by atoms with Crippen molar-refractivity contribution < 1.29 is 14.3 Å². The Balaban J connectivity index is 3.36. The molecule has 0 bridgehead atoms. The maximum absolute atomic E-state index is 11.3. The first kappa shape index (κ1) is 21.4. The Labute approximate surface area is 142 Å². The quantitative estimate of drug-likeness (QED) is 0.196. The number of unbranched alkanes of at least 4 members (excludes halogenated alkanes) is 1. The molecular weight excluding hydrogens is 320 g/mol. The van der Waals surface area contributed by atoms with Crippen molar-refractivity contribution >= 4 is 27.9 Å². The van der Waals surface area contributed by atoms with Crippen LogP contribution in [0.25, 0.3) is 0 Å². The molecule has 1 amide bonds. The first-order valence-corrected chi connectivity index (χ1v) is 9.83. The lowest BCUT2D eigenvalue weighted by Gasteiger charge is -2.13. The normalized spacial score (nSPS) is 11.7. The van der Waals surface area contributed by atoms with Crippen LogP contribution in [0.4, 0.5) is 4.79 Å². The summed E-state index contributed by atoms with van der Waals surface area (Å²) < 4.78 is 13.9. The zero-order chi connectivity index (χ0) is 16.6. The zero-order valence-corrected chi connectivity index (χ0v) is 15.6. The maximum atomic E-state index is 11.3. The second-order valence-corrected chi connectivity index (χ2v) is 7.13. The highest BCUT2D eigenvalue weighted by atomic mass is 33.1. The number of amides is 1. The predicted octanol–water partition coefficient (Wildman–Crippen LogP) is 3.56. The van der Waals surface area contributed by atoms with Crippen molar-refractivity contribution in [3.8, 4) is 11.8 Å². The highest BCUT2D eigenvalue weighted by Crippen LogP contribution is 2.24. The van der Waals surface area contributed by atoms with Gasteiger partial charge in [0.2, 0.25) is 0 Å². The lowest BCUT2D eigenvalue weighted by Crippen LogP contribution is -2.25. The Morgan fingerprint density at radius 2 is 1.91 bits per heavy atom. The van der Waals surface area contributed by atoms with Crippen LogP contribution in [0.1, 0.15) is 47.0 Å². The Bertz CT molecular complexity index is 343. The molecule has 0 aliphatic heterocycles. The fourth-order valence-corrected chi connectivity index (χ4v) is 3.05. The standard InChI is InChI=1S/C15H28N2O3S2/c1-5-6-7-10-16-15(18)20-12-9-8-11-19-14(4)21-22-17-13(2)3/h13-14,17H,5,8-12H2,1-4H3,(H,16,18). The molecule has 0 spiro atoms. The van der Waals surface area contributed by atoms with E-state index in [9.17, 15) is 4.79 Å². The van der Waals surface area contributed by atoms with Gasteiger partial charge in [-0.3, -0.25) is 4.72 Å². The first-order chi connectivity index (χ1) is 10.6. The highest BCUT2D eigenvalue weighted by molar-refractivity contribution is 8.76. The summed E-state index contributed by atoms with van der Waals surface area (Å²) in [5.74, 6) is 5.70. The number of nitrogens with one attached hydrogen (secondary N) is 2. The first-order valence-electron chi connectivity index (χ1n) is 7.62. The average molecular weight is 349 g/mol. The van der Waals surface area contributed by atoms with Gasteiger partial charge in [-0.25, -0.2) is 4.79 Å². The molecule has 0 aromatic heterocycles. The van der Waals surface area contributed by atoms with Crippen molar-refractivity contribution in [1.29, 1.82) is 0 Å². The number of hydrogen-bond acceptors (Lipinski definition) is 6. The monoisotopic (exact) mass is 348 g/mol. The number of alkyl carbamates (subject to hydrolysis) is 1. The van der Waals surface area contributed by atoms with E-state index in [4.69, 9.17) is 9.47 Å². The summed E-state index contributed by atoms with van der Waals surface area (Å²) in [6.45, 7) is 9.61. The second kappa shape index (κ2) is 15.3. The molecule has 7 heteroatoms. The van der Waals surface area contributed by atoms with E-state index in [0.717, 1.165) is 19.3 Å². The van der Waals surface area contributed by atoms with E-state index in [0.29, 0.717) is 25.8 Å². The molecule has 0 fully saturated rings. The van der Waals surface area contributed by atoms with Gasteiger partial charge < -0.3 is 14.8 Å². The van der Waals surface area contributed by atoms with E-state index < -0.39 is 6.09 Å². The molecular formula is C15H28N2O3S2. The molecule has 2 N–H and O–H groups in total. The summed E-state index contributed by atoms with van der Waals surface area (Å²) >= 11 is 0. The van der Waals surface area contributed by atoms with Crippen LogP contribution in [0.2, 0.25) is 0 Å². The number of hydrogen-bond donors (Lipinski definition) is 2. The van der Waals surface area contributed by atoms with Gasteiger partial charge in [-0.1, -0.05) is 12.8 Å². The molecule has 5 nitrogen and oxygen atoms in total. The zero-order valence-electron chi connectivity index (χ0n) is 13.9. The van der Waals surface area contributed by atoms with Crippen LogP contribution in [-0.2, 0) is 9.47 Å². The number of rotatable bonds is 11. The Morgan fingerprint density at radius 1 is 1.18 bits per heavy atom. The van der Waals surface area contributed by atoms with E-state index in [1.807, 2.05) is 13.8 Å². The van der Waals surface area contributed by atoms with Crippen LogP contribution in [0.5, 0.6) is 0 Å². The smallest absolute Gasteiger partial charge is 0.407 e. The molecule has 22 heavy (non-hydrogen) atoms. The molecule has 0 rings (SSSR count). The lowest BCUT2D eigenvalue weighted by molar-refractivity contribution is 0.109. The van der Waals surface area contributed by atoms with Crippen molar-refractivity contribution in [3.05, 3.63) is 0 Å². The van der Waals surface area contributed by atoms with Gasteiger partial charge in [0.1, 0.15) is 5.44 Å². The third-order valence-electron chi connectivity index (χ3n) is 2.21. The van der Waals surface area contributed by atoms with Crippen molar-refractivity contribution in [3.63, 3.8) is 0 Å². The van der Waals surface area contributed by atoms with E-state index >= 15 is 0 Å². The summed E-state index contributed by atoms with van der Waals surface area (Å²) in [6, 6.07) is 0.459. The SMILES string of the molecule is CCC#CCNC(=O)OCCCCOC(C)SSNC(C)C. The van der Waals surface area contributed by atoms with Gasteiger partial charge in [-0.05, 0) is 55.4 Å². The molecule has 0 aromatic rings. The van der Waals surface area contributed by atoms with E-state index in [-0.39, 0.29) is 5.44 Å². The lowest BCUT2D eigenvalue weighted by atomic mass is 10.3. The fourth-order valence-electron chi connectivity index (χ4n) is 1.19. The van der Waals surface area contributed by atoms with Gasteiger partial charge in [0, 0.05) is 19.1 Å². The number of ether oxygens (including phenoxy) is 2. The van der Waals surface area contributed by atoms with Gasteiger partial charge in [0.05, 0.1) is 13.2 Å². The molecule has 1 atom stereocenters. The minimum absolute atomic E-state index is 0.137. The summed E-state index contributed by atoms with van der Waals surface area (Å²) in [7, 11) is 3.27. The molecule has 128 valence electrons. The summed E-state index contributed by atoms with van der Waals surface area (Å²) in [4.78, 5) is 11.3. The van der Waals surface area contributed by atoms with E-state index in [2.05, 4.69) is 35.7 Å². The molecule has 0 saturated carbocycles. The molecule has 0 aliphatic carbocycles. The van der Waals surface area contributed by atoms with Gasteiger partial charge in [0.15, 0.2) is 0 Å². The third-order valence-corrected chi connectivity index (χ3v) is 4.68. The second-order valence-electron chi connectivity index (χ2n) is 4.79. The number of carbonyl (C=O) groups excluding carboxylic acids is 1. The van der Waals surface area contributed by atoms with Crippen LogP contribution in [0.15, 0.2) is 0 Å². The minimum Gasteiger partial charge on any atom is -0.450 e. The minimum atomic E-state index is -0.411. The van der Waals surface area contributed by atoms with Crippen molar-refractivity contribution in [2.45, 2.75) is 58.4 Å². The molecule has 0 saturated heterocycles. The maximum Gasteiger partial charge on any atom is 0.407 e. The van der Waals surface area contributed by atoms with Crippen LogP contribution >= 0.6 is 21.8 Å². The summed E-state index contributed by atoms with van der Waals surface area (Å²) in [5.41, 5.74) is 0.137. The van der Waals surface area contributed by atoms with Gasteiger partial charge in [0.25, 0.3) is 0 Å². The van der Waals surface area contributed by atoms with Crippen LogP contribution in [0.3, 0.4) is 0 Å². The third kappa shape index (κ3) is 15.8. The van der Waals surface area contributed by atoms with Crippen LogP contribution < -0.4 is 10.0 Å². The van der Waals surface area contributed by atoms with Crippen molar-refractivity contribution in [1.82, 2.24) is 10.0 Å². The van der Waals surface area contributed by atoms with Crippen LogP contribution in [0, 0.1) is 11.8 Å². The number of carbonyl (C=O) groups is 1. The van der Waals surface area contributed by atoms with Gasteiger partial charge in [-0.2, -0.15) is 0 Å². The molecule has 0 radical (unpaired) electrons. The van der Waals surface area contributed by atoms with Crippen molar-refractivity contribution in [2.24, 2.45) is 0 Å². The van der Waals surface area contributed by atoms with Gasteiger partial charge in [-0.15, -0.1) is 5.92 Å². The van der Waals surface area contributed by atoms with Gasteiger partial charge >= 0.3 is 6.09 Å². The largest absolute Gasteiger partial charge is 0.450 e. The average Bonchev–Trinajstić information content (AvgIpc) is 2.47. The topological polar surface area (TPSA) is 59.6 Å². The van der Waals surface area contributed by atoms with Crippen LogP contribution in [-0.4, -0.2) is 37.3 Å². The Morgan fingerprint density at radius 3 is 2.59 bits per heavy atom.